The molecule has 0 bridgehead atoms. The second-order valence-electron chi connectivity index (χ2n) is 5.39. The third-order valence-electron chi connectivity index (χ3n) is 3.23. The Balaban J connectivity index is 1.51. The molecule has 0 radical (unpaired) electrons. The number of anilines is 2. The van der Waals surface area contributed by atoms with E-state index in [-0.39, 0.29) is 18.2 Å². The molecule has 0 aliphatic heterocycles. The molecule has 3 aromatic heterocycles. The van der Waals surface area contributed by atoms with Gasteiger partial charge in [-0.15, -0.1) is 22.7 Å². The number of carbonyl (C=O) groups excluding carboxylic acids is 2. The molecule has 0 saturated heterocycles. The summed E-state index contributed by atoms with van der Waals surface area (Å²) in [6.45, 7) is 1.93. The largest absolute Gasteiger partial charge is 0.310 e. The van der Waals surface area contributed by atoms with Gasteiger partial charge in [0.05, 0.1) is 18.5 Å². The van der Waals surface area contributed by atoms with E-state index in [1.54, 1.807) is 29.0 Å². The monoisotopic (exact) mass is 372 g/mol. The van der Waals surface area contributed by atoms with Gasteiger partial charge in [-0.05, 0) is 30.0 Å². The van der Waals surface area contributed by atoms with Gasteiger partial charge in [0.25, 0.3) is 0 Å². The average molecular weight is 372 g/mol. The lowest BCUT2D eigenvalue weighted by Crippen LogP contribution is -2.16. The lowest BCUT2D eigenvalue weighted by atomic mass is 10.3. The first-order chi connectivity index (χ1) is 12.1. The van der Waals surface area contributed by atoms with Crippen LogP contribution in [-0.4, -0.2) is 21.8 Å². The number of rotatable bonds is 6. The van der Waals surface area contributed by atoms with Gasteiger partial charge < -0.3 is 10.6 Å². The molecule has 0 aromatic carbocycles. The average Bonchev–Trinajstić information content (AvgIpc) is 3.22. The molecule has 2 amide bonds. The predicted molar refractivity (Wildman–Crippen MR) is 100 cm³/mol. The molecular formula is C17H16N4O2S2. The van der Waals surface area contributed by atoms with Crippen LogP contribution in [0.15, 0.2) is 41.2 Å². The molecule has 0 aliphatic carbocycles. The van der Waals surface area contributed by atoms with Crippen molar-refractivity contribution in [3.63, 3.8) is 0 Å². The standard InChI is InChI=1S/C17H16N4O2S2/c1-11-4-5-14(18-9-11)20-15(22)7-12-10-25-17(19-12)21-16(23)8-13-3-2-6-24-13/h2-6,9-10H,7-8H2,1H3,(H,18,20,22)(H,19,21,23). The van der Waals surface area contributed by atoms with Gasteiger partial charge in [0.1, 0.15) is 5.82 Å². The number of nitrogens with one attached hydrogen (secondary N) is 2. The minimum atomic E-state index is -0.196. The Morgan fingerprint density at radius 1 is 1.08 bits per heavy atom. The number of amides is 2. The molecule has 8 heteroatoms. The molecule has 3 heterocycles. The third kappa shape index (κ3) is 5.20. The molecule has 3 aromatic rings. The Morgan fingerprint density at radius 3 is 2.64 bits per heavy atom. The van der Waals surface area contributed by atoms with Gasteiger partial charge in [0.15, 0.2) is 5.13 Å². The first kappa shape index (κ1) is 17.2. The van der Waals surface area contributed by atoms with E-state index >= 15 is 0 Å². The lowest BCUT2D eigenvalue weighted by molar-refractivity contribution is -0.116. The van der Waals surface area contributed by atoms with Crippen molar-refractivity contribution >= 4 is 45.4 Å². The molecule has 25 heavy (non-hydrogen) atoms. The van der Waals surface area contributed by atoms with Crippen LogP contribution in [-0.2, 0) is 22.4 Å². The fourth-order valence-corrected chi connectivity index (χ4v) is 3.50. The SMILES string of the molecule is Cc1ccc(NC(=O)Cc2csc(NC(=O)Cc3cccs3)n2)nc1. The number of nitrogens with zero attached hydrogens (tertiary/aromatic N) is 2. The summed E-state index contributed by atoms with van der Waals surface area (Å²) in [6.07, 6.45) is 2.15. The molecule has 0 atom stereocenters. The highest BCUT2D eigenvalue weighted by molar-refractivity contribution is 7.14. The van der Waals surface area contributed by atoms with E-state index < -0.39 is 0 Å². The van der Waals surface area contributed by atoms with E-state index in [4.69, 9.17) is 0 Å². The van der Waals surface area contributed by atoms with Gasteiger partial charge in [-0.3, -0.25) is 9.59 Å². The molecular weight excluding hydrogens is 356 g/mol. The Bertz CT molecular complexity index is 857. The number of hydrogen-bond acceptors (Lipinski definition) is 6. The van der Waals surface area contributed by atoms with Crippen molar-refractivity contribution in [2.45, 2.75) is 19.8 Å². The smallest absolute Gasteiger partial charge is 0.231 e. The van der Waals surface area contributed by atoms with Crippen LogP contribution in [0, 0.1) is 6.92 Å². The van der Waals surface area contributed by atoms with E-state index in [9.17, 15) is 9.59 Å². The Morgan fingerprint density at radius 2 is 1.92 bits per heavy atom. The molecule has 6 nitrogen and oxygen atoms in total. The molecule has 2 N–H and O–H groups in total. The quantitative estimate of drug-likeness (QED) is 0.695. The molecule has 0 spiro atoms. The Labute approximate surface area is 153 Å². The topological polar surface area (TPSA) is 84.0 Å². The van der Waals surface area contributed by atoms with Crippen LogP contribution in [0.5, 0.6) is 0 Å². The summed E-state index contributed by atoms with van der Waals surface area (Å²) < 4.78 is 0. The zero-order valence-corrected chi connectivity index (χ0v) is 15.1. The zero-order valence-electron chi connectivity index (χ0n) is 13.5. The van der Waals surface area contributed by atoms with Gasteiger partial charge in [-0.1, -0.05) is 12.1 Å². The van der Waals surface area contributed by atoms with E-state index in [2.05, 4.69) is 20.6 Å². The van der Waals surface area contributed by atoms with Crippen LogP contribution in [0.3, 0.4) is 0 Å². The van der Waals surface area contributed by atoms with Gasteiger partial charge in [0, 0.05) is 16.5 Å². The second kappa shape index (κ2) is 8.00. The highest BCUT2D eigenvalue weighted by atomic mass is 32.1. The summed E-state index contributed by atoms with van der Waals surface area (Å²) in [4.78, 5) is 33.4. The van der Waals surface area contributed by atoms with Crippen molar-refractivity contribution in [3.05, 3.63) is 57.4 Å². The van der Waals surface area contributed by atoms with Crippen LogP contribution in [0.2, 0.25) is 0 Å². The molecule has 128 valence electrons. The number of thiazole rings is 1. The minimum absolute atomic E-state index is 0.114. The van der Waals surface area contributed by atoms with Crippen LogP contribution in [0.1, 0.15) is 16.1 Å². The first-order valence-corrected chi connectivity index (χ1v) is 9.33. The summed E-state index contributed by atoms with van der Waals surface area (Å²) in [5, 5.41) is 9.69. The predicted octanol–water partition coefficient (Wildman–Crippen LogP) is 3.27. The number of aryl methyl sites for hydroxylation is 1. The third-order valence-corrected chi connectivity index (χ3v) is 4.92. The maximum absolute atomic E-state index is 12.0. The van der Waals surface area contributed by atoms with Gasteiger partial charge in [-0.25, -0.2) is 9.97 Å². The molecule has 3 rings (SSSR count). The molecule has 0 saturated carbocycles. The van der Waals surface area contributed by atoms with Gasteiger partial charge in [0.2, 0.25) is 11.8 Å². The fourth-order valence-electron chi connectivity index (χ4n) is 2.07. The summed E-state index contributed by atoms with van der Waals surface area (Å²) in [7, 11) is 0. The van der Waals surface area contributed by atoms with Crippen LogP contribution < -0.4 is 10.6 Å². The highest BCUT2D eigenvalue weighted by Crippen LogP contribution is 2.17. The normalized spacial score (nSPS) is 10.4. The second-order valence-corrected chi connectivity index (χ2v) is 7.28. The maximum Gasteiger partial charge on any atom is 0.231 e. The van der Waals surface area contributed by atoms with Crippen LogP contribution in [0.25, 0.3) is 0 Å². The summed E-state index contributed by atoms with van der Waals surface area (Å²) in [5.41, 5.74) is 1.64. The van der Waals surface area contributed by atoms with Crippen molar-refractivity contribution in [1.82, 2.24) is 9.97 Å². The summed E-state index contributed by atoms with van der Waals surface area (Å²) in [5.74, 6) is 0.199. The van der Waals surface area contributed by atoms with E-state index in [0.717, 1.165) is 10.4 Å². The Kier molecular flexibility index (Phi) is 5.52. The van der Waals surface area contributed by atoms with Gasteiger partial charge >= 0.3 is 0 Å². The molecule has 0 fully saturated rings. The van der Waals surface area contributed by atoms with E-state index in [0.29, 0.717) is 23.1 Å². The number of carbonyl (C=O) groups is 2. The van der Waals surface area contributed by atoms with Gasteiger partial charge in [-0.2, -0.15) is 0 Å². The van der Waals surface area contributed by atoms with E-state index in [1.165, 1.54) is 11.3 Å². The van der Waals surface area contributed by atoms with Crippen LogP contribution >= 0.6 is 22.7 Å². The first-order valence-electron chi connectivity index (χ1n) is 7.57. The lowest BCUT2D eigenvalue weighted by Gasteiger charge is -2.03. The van der Waals surface area contributed by atoms with Crippen molar-refractivity contribution in [1.29, 1.82) is 0 Å². The summed E-state index contributed by atoms with van der Waals surface area (Å²) in [6, 6.07) is 7.47. The number of aromatic nitrogens is 2. The zero-order chi connectivity index (χ0) is 17.6. The van der Waals surface area contributed by atoms with Crippen molar-refractivity contribution in [3.8, 4) is 0 Å². The summed E-state index contributed by atoms with van der Waals surface area (Å²) >= 11 is 2.85. The molecule has 0 aliphatic rings. The highest BCUT2D eigenvalue weighted by Gasteiger charge is 2.11. The Hall–Kier alpha value is -2.58. The number of thiophene rings is 1. The molecule has 0 unspecified atom stereocenters. The van der Waals surface area contributed by atoms with Crippen molar-refractivity contribution in [2.24, 2.45) is 0 Å². The number of pyridine rings is 1. The minimum Gasteiger partial charge on any atom is -0.310 e. The number of hydrogen-bond donors (Lipinski definition) is 2. The van der Waals surface area contributed by atoms with Crippen molar-refractivity contribution < 1.29 is 9.59 Å². The van der Waals surface area contributed by atoms with E-state index in [1.807, 2.05) is 30.5 Å². The van der Waals surface area contributed by atoms with Crippen molar-refractivity contribution in [2.75, 3.05) is 10.6 Å². The fraction of sp³-hybridized carbons (Fsp3) is 0.176. The van der Waals surface area contributed by atoms with Crippen LogP contribution in [0.4, 0.5) is 10.9 Å². The maximum atomic E-state index is 12.0.